The van der Waals surface area contributed by atoms with Gasteiger partial charge in [0.15, 0.2) is 0 Å². The zero-order valence-corrected chi connectivity index (χ0v) is 10.8. The first-order chi connectivity index (χ1) is 8.54. The summed E-state index contributed by atoms with van der Waals surface area (Å²) >= 11 is 1.15. The number of thiophene rings is 1. The van der Waals surface area contributed by atoms with E-state index in [2.05, 4.69) is 10.6 Å². The third kappa shape index (κ3) is 4.34. The molecule has 0 radical (unpaired) electrons. The van der Waals surface area contributed by atoms with E-state index >= 15 is 0 Å². The predicted molar refractivity (Wildman–Crippen MR) is 69.2 cm³/mol. The second kappa shape index (κ2) is 6.97. The van der Waals surface area contributed by atoms with Crippen LogP contribution in [0.25, 0.3) is 0 Å². The van der Waals surface area contributed by atoms with E-state index in [0.29, 0.717) is 24.4 Å². The summed E-state index contributed by atoms with van der Waals surface area (Å²) in [6.45, 7) is 2.20. The third-order valence-electron chi connectivity index (χ3n) is 2.36. The fourth-order valence-corrected chi connectivity index (χ4v) is 2.05. The SMILES string of the molecule is CCC(O)CCNC(=O)Nc1sccc1C(=O)O. The van der Waals surface area contributed by atoms with Crippen LogP contribution >= 0.6 is 11.3 Å². The van der Waals surface area contributed by atoms with E-state index in [9.17, 15) is 14.7 Å². The lowest BCUT2D eigenvalue weighted by Crippen LogP contribution is -2.31. The molecule has 1 aromatic heterocycles. The van der Waals surface area contributed by atoms with Gasteiger partial charge in [0.2, 0.25) is 0 Å². The molecule has 1 aromatic rings. The van der Waals surface area contributed by atoms with Crippen molar-refractivity contribution in [2.75, 3.05) is 11.9 Å². The average molecular weight is 272 g/mol. The van der Waals surface area contributed by atoms with Gasteiger partial charge in [-0.2, -0.15) is 0 Å². The number of carboxylic acid groups (broad SMARTS) is 1. The Morgan fingerprint density at radius 2 is 2.22 bits per heavy atom. The molecule has 2 amide bonds. The van der Waals surface area contributed by atoms with Gasteiger partial charge in [-0.15, -0.1) is 11.3 Å². The van der Waals surface area contributed by atoms with Crippen molar-refractivity contribution in [1.29, 1.82) is 0 Å². The summed E-state index contributed by atoms with van der Waals surface area (Å²) in [5.41, 5.74) is 0.0729. The summed E-state index contributed by atoms with van der Waals surface area (Å²) in [5.74, 6) is -1.08. The van der Waals surface area contributed by atoms with Crippen LogP contribution in [0.1, 0.15) is 30.1 Å². The molecule has 1 atom stereocenters. The lowest BCUT2D eigenvalue weighted by molar-refractivity contribution is 0.0698. The average Bonchev–Trinajstić information content (AvgIpc) is 2.76. The van der Waals surface area contributed by atoms with Gasteiger partial charge in [0.1, 0.15) is 5.00 Å². The smallest absolute Gasteiger partial charge is 0.338 e. The van der Waals surface area contributed by atoms with Gasteiger partial charge in [-0.3, -0.25) is 5.32 Å². The zero-order valence-electron chi connectivity index (χ0n) is 9.97. The Kier molecular flexibility index (Phi) is 5.60. The maximum atomic E-state index is 11.5. The Morgan fingerprint density at radius 3 is 2.83 bits per heavy atom. The van der Waals surface area contributed by atoms with Gasteiger partial charge in [0, 0.05) is 6.54 Å². The monoisotopic (exact) mass is 272 g/mol. The molecule has 0 bridgehead atoms. The van der Waals surface area contributed by atoms with Crippen LogP contribution in [0, 0.1) is 0 Å². The highest BCUT2D eigenvalue weighted by Crippen LogP contribution is 2.22. The Hall–Kier alpha value is -1.60. The lowest BCUT2D eigenvalue weighted by Gasteiger charge is -2.09. The van der Waals surface area contributed by atoms with E-state index in [1.807, 2.05) is 6.92 Å². The van der Waals surface area contributed by atoms with Gasteiger partial charge in [-0.25, -0.2) is 9.59 Å². The van der Waals surface area contributed by atoms with Gasteiger partial charge in [0.25, 0.3) is 0 Å². The number of nitrogens with one attached hydrogen (secondary N) is 2. The number of aliphatic hydroxyl groups excluding tert-OH is 1. The summed E-state index contributed by atoms with van der Waals surface area (Å²) < 4.78 is 0. The topological polar surface area (TPSA) is 98.7 Å². The molecule has 1 unspecified atom stereocenters. The predicted octanol–water partition coefficient (Wildman–Crippen LogP) is 1.73. The molecule has 0 saturated heterocycles. The summed E-state index contributed by atoms with van der Waals surface area (Å²) in [5, 5.41) is 25.1. The molecule has 0 aliphatic heterocycles. The second-order valence-corrected chi connectivity index (χ2v) is 4.62. The molecular formula is C11H16N2O4S. The van der Waals surface area contributed by atoms with Crippen molar-refractivity contribution >= 4 is 28.3 Å². The second-order valence-electron chi connectivity index (χ2n) is 3.70. The van der Waals surface area contributed by atoms with Gasteiger partial charge < -0.3 is 15.5 Å². The van der Waals surface area contributed by atoms with Crippen molar-refractivity contribution in [3.05, 3.63) is 17.0 Å². The van der Waals surface area contributed by atoms with Crippen LogP contribution in [-0.2, 0) is 0 Å². The Labute approximate surface area is 109 Å². The number of aliphatic hydroxyl groups is 1. The molecule has 18 heavy (non-hydrogen) atoms. The minimum Gasteiger partial charge on any atom is -0.478 e. The number of carbonyl (C=O) groups excluding carboxylic acids is 1. The molecule has 0 aromatic carbocycles. The molecular weight excluding hydrogens is 256 g/mol. The zero-order chi connectivity index (χ0) is 13.5. The van der Waals surface area contributed by atoms with Crippen molar-refractivity contribution in [2.45, 2.75) is 25.9 Å². The quantitative estimate of drug-likeness (QED) is 0.633. The number of hydrogen-bond acceptors (Lipinski definition) is 4. The number of carbonyl (C=O) groups is 2. The highest BCUT2D eigenvalue weighted by molar-refractivity contribution is 7.14. The Bertz CT molecular complexity index is 419. The molecule has 100 valence electrons. The van der Waals surface area contributed by atoms with Gasteiger partial charge in [-0.05, 0) is 24.3 Å². The fraction of sp³-hybridized carbons (Fsp3) is 0.455. The normalized spacial score (nSPS) is 11.9. The molecule has 0 spiro atoms. The van der Waals surface area contributed by atoms with Crippen LogP contribution < -0.4 is 10.6 Å². The van der Waals surface area contributed by atoms with Crippen molar-refractivity contribution in [3.63, 3.8) is 0 Å². The number of carboxylic acids is 1. The fourth-order valence-electron chi connectivity index (χ4n) is 1.28. The molecule has 0 saturated carbocycles. The third-order valence-corrected chi connectivity index (χ3v) is 3.19. The van der Waals surface area contributed by atoms with Crippen LogP contribution in [0.5, 0.6) is 0 Å². The molecule has 0 aliphatic carbocycles. The first kappa shape index (κ1) is 14.5. The first-order valence-corrected chi connectivity index (χ1v) is 6.46. The van der Waals surface area contributed by atoms with Crippen molar-refractivity contribution < 1.29 is 19.8 Å². The largest absolute Gasteiger partial charge is 0.478 e. The maximum absolute atomic E-state index is 11.5. The molecule has 1 heterocycles. The molecule has 7 heteroatoms. The van der Waals surface area contributed by atoms with E-state index in [1.165, 1.54) is 6.07 Å². The van der Waals surface area contributed by atoms with Gasteiger partial charge >= 0.3 is 12.0 Å². The highest BCUT2D eigenvalue weighted by Gasteiger charge is 2.13. The van der Waals surface area contributed by atoms with Crippen molar-refractivity contribution in [1.82, 2.24) is 5.32 Å². The van der Waals surface area contributed by atoms with Crippen LogP contribution in [0.15, 0.2) is 11.4 Å². The molecule has 1 rings (SSSR count). The number of rotatable bonds is 6. The van der Waals surface area contributed by atoms with Crippen LogP contribution in [0.4, 0.5) is 9.80 Å². The lowest BCUT2D eigenvalue weighted by atomic mass is 10.2. The Morgan fingerprint density at radius 1 is 1.50 bits per heavy atom. The maximum Gasteiger partial charge on any atom is 0.338 e. The van der Waals surface area contributed by atoms with E-state index in [0.717, 1.165) is 11.3 Å². The molecule has 4 N–H and O–H groups in total. The van der Waals surface area contributed by atoms with Crippen LogP contribution in [0.3, 0.4) is 0 Å². The van der Waals surface area contributed by atoms with E-state index in [1.54, 1.807) is 5.38 Å². The van der Waals surface area contributed by atoms with Crippen molar-refractivity contribution in [3.8, 4) is 0 Å². The van der Waals surface area contributed by atoms with E-state index < -0.39 is 18.1 Å². The van der Waals surface area contributed by atoms with E-state index in [4.69, 9.17) is 5.11 Å². The van der Waals surface area contributed by atoms with Gasteiger partial charge in [-0.1, -0.05) is 6.92 Å². The highest BCUT2D eigenvalue weighted by atomic mass is 32.1. The summed E-state index contributed by atoms with van der Waals surface area (Å²) in [7, 11) is 0. The Balaban J connectivity index is 2.40. The molecule has 6 nitrogen and oxygen atoms in total. The first-order valence-electron chi connectivity index (χ1n) is 5.58. The number of urea groups is 1. The van der Waals surface area contributed by atoms with Crippen molar-refractivity contribution in [2.24, 2.45) is 0 Å². The minimum atomic E-state index is -1.08. The standard InChI is InChI=1S/C11H16N2O4S/c1-2-7(14)3-5-12-11(17)13-9-8(10(15)16)4-6-18-9/h4,6-7,14H,2-3,5H2,1H3,(H,15,16)(H2,12,13,17). The van der Waals surface area contributed by atoms with E-state index in [-0.39, 0.29) is 5.56 Å². The summed E-state index contributed by atoms with van der Waals surface area (Å²) in [4.78, 5) is 22.3. The summed E-state index contributed by atoms with van der Waals surface area (Å²) in [6.07, 6.45) is 0.680. The van der Waals surface area contributed by atoms with Crippen LogP contribution in [0.2, 0.25) is 0 Å². The summed E-state index contributed by atoms with van der Waals surface area (Å²) in [6, 6.07) is 0.965. The van der Waals surface area contributed by atoms with Gasteiger partial charge in [0.05, 0.1) is 11.7 Å². The number of hydrogen-bond donors (Lipinski definition) is 4. The number of anilines is 1. The minimum absolute atomic E-state index is 0.0729. The van der Waals surface area contributed by atoms with Crippen LogP contribution in [-0.4, -0.2) is 34.9 Å². The molecule has 0 fully saturated rings. The number of aromatic carboxylic acids is 1. The molecule has 0 aliphatic rings. The number of amides is 2.